The second-order valence-corrected chi connectivity index (χ2v) is 5.51. The summed E-state index contributed by atoms with van der Waals surface area (Å²) in [4.78, 5) is 24.8. The zero-order valence-electron chi connectivity index (χ0n) is 12.6. The topological polar surface area (TPSA) is 75.5 Å². The van der Waals surface area contributed by atoms with Gasteiger partial charge in [-0.05, 0) is 37.1 Å². The molecule has 0 unspecified atom stereocenters. The molecule has 1 saturated heterocycles. The van der Waals surface area contributed by atoms with Crippen molar-refractivity contribution in [3.63, 3.8) is 0 Å². The van der Waals surface area contributed by atoms with Crippen LogP contribution in [0.15, 0.2) is 48.5 Å². The summed E-state index contributed by atoms with van der Waals surface area (Å²) in [7, 11) is 0. The van der Waals surface area contributed by atoms with E-state index in [-0.39, 0.29) is 17.2 Å². The number of carbonyl (C=O) groups excluding carboxylic acids is 1. The molecule has 1 amide bonds. The number of nitrogens with one attached hydrogen (secondary N) is 1. The highest BCUT2D eigenvalue weighted by Gasteiger charge is 2.14. The fourth-order valence-corrected chi connectivity index (χ4v) is 2.72. The van der Waals surface area contributed by atoms with Gasteiger partial charge in [0.25, 0.3) is 11.6 Å². The summed E-state index contributed by atoms with van der Waals surface area (Å²) in [5.41, 5.74) is 1.94. The Morgan fingerprint density at radius 3 is 2.57 bits per heavy atom. The molecule has 1 heterocycles. The van der Waals surface area contributed by atoms with Gasteiger partial charge in [-0.2, -0.15) is 0 Å². The lowest BCUT2D eigenvalue weighted by Gasteiger charge is -2.18. The first kappa shape index (κ1) is 15.0. The Morgan fingerprint density at radius 1 is 1.09 bits per heavy atom. The van der Waals surface area contributed by atoms with E-state index >= 15 is 0 Å². The maximum Gasteiger partial charge on any atom is 0.270 e. The largest absolute Gasteiger partial charge is 0.371 e. The van der Waals surface area contributed by atoms with E-state index in [9.17, 15) is 14.9 Å². The molecule has 0 aliphatic carbocycles. The first-order valence-corrected chi connectivity index (χ1v) is 7.54. The van der Waals surface area contributed by atoms with Gasteiger partial charge in [0.05, 0.1) is 4.92 Å². The van der Waals surface area contributed by atoms with Gasteiger partial charge < -0.3 is 10.2 Å². The quantitative estimate of drug-likeness (QED) is 0.693. The summed E-state index contributed by atoms with van der Waals surface area (Å²) >= 11 is 0. The summed E-state index contributed by atoms with van der Waals surface area (Å²) in [5, 5.41) is 13.6. The molecule has 118 valence electrons. The van der Waals surface area contributed by atoms with Crippen molar-refractivity contribution < 1.29 is 9.72 Å². The van der Waals surface area contributed by atoms with E-state index in [4.69, 9.17) is 0 Å². The van der Waals surface area contributed by atoms with Crippen LogP contribution in [0.5, 0.6) is 0 Å². The van der Waals surface area contributed by atoms with Crippen LogP contribution in [0.2, 0.25) is 0 Å². The maximum atomic E-state index is 12.3. The molecule has 3 rings (SSSR count). The monoisotopic (exact) mass is 311 g/mol. The molecule has 23 heavy (non-hydrogen) atoms. The average molecular weight is 311 g/mol. The Balaban J connectivity index is 1.76. The van der Waals surface area contributed by atoms with Crippen molar-refractivity contribution in [2.24, 2.45) is 0 Å². The molecule has 0 aromatic heterocycles. The molecule has 1 aliphatic rings. The number of non-ortho nitro benzene ring substituents is 1. The van der Waals surface area contributed by atoms with E-state index in [2.05, 4.69) is 10.2 Å². The molecule has 1 aliphatic heterocycles. The first-order valence-electron chi connectivity index (χ1n) is 7.54. The predicted octanol–water partition coefficient (Wildman–Crippen LogP) is 3.45. The van der Waals surface area contributed by atoms with Crippen LogP contribution in [0.25, 0.3) is 0 Å². The summed E-state index contributed by atoms with van der Waals surface area (Å²) < 4.78 is 0. The van der Waals surface area contributed by atoms with Gasteiger partial charge in [-0.25, -0.2) is 0 Å². The van der Waals surface area contributed by atoms with Gasteiger partial charge in [0.1, 0.15) is 0 Å². The fraction of sp³-hybridized carbons (Fsp3) is 0.235. The summed E-state index contributed by atoms with van der Waals surface area (Å²) in [6, 6.07) is 13.4. The molecule has 0 saturated carbocycles. The molecule has 0 bridgehead atoms. The minimum atomic E-state index is -0.509. The lowest BCUT2D eigenvalue weighted by molar-refractivity contribution is -0.384. The van der Waals surface area contributed by atoms with E-state index in [0.29, 0.717) is 5.69 Å². The van der Waals surface area contributed by atoms with Gasteiger partial charge in [-0.3, -0.25) is 14.9 Å². The van der Waals surface area contributed by atoms with Crippen molar-refractivity contribution in [3.05, 3.63) is 64.2 Å². The number of amides is 1. The normalized spacial score (nSPS) is 13.8. The number of hydrogen-bond donors (Lipinski definition) is 1. The van der Waals surface area contributed by atoms with E-state index < -0.39 is 4.92 Å². The fourth-order valence-electron chi connectivity index (χ4n) is 2.72. The van der Waals surface area contributed by atoms with Crippen LogP contribution in [0, 0.1) is 10.1 Å². The molecule has 0 spiro atoms. The van der Waals surface area contributed by atoms with Crippen molar-refractivity contribution in [1.29, 1.82) is 0 Å². The van der Waals surface area contributed by atoms with Crippen molar-refractivity contribution in [2.75, 3.05) is 23.3 Å². The van der Waals surface area contributed by atoms with Crippen LogP contribution < -0.4 is 10.2 Å². The third-order valence-corrected chi connectivity index (χ3v) is 3.89. The summed E-state index contributed by atoms with van der Waals surface area (Å²) in [5.74, 6) is -0.354. The maximum absolute atomic E-state index is 12.3. The minimum absolute atomic E-state index is 0.0940. The summed E-state index contributed by atoms with van der Waals surface area (Å²) in [6.45, 7) is 2.06. The van der Waals surface area contributed by atoms with Gasteiger partial charge in [0.2, 0.25) is 0 Å². The van der Waals surface area contributed by atoms with Gasteiger partial charge in [-0.15, -0.1) is 0 Å². The Labute approximate surface area is 133 Å². The number of nitro benzene ring substituents is 1. The number of nitro groups is 1. The Kier molecular flexibility index (Phi) is 4.23. The second-order valence-electron chi connectivity index (χ2n) is 5.51. The van der Waals surface area contributed by atoms with Crippen LogP contribution in [0.4, 0.5) is 17.1 Å². The number of carbonyl (C=O) groups is 1. The molecular formula is C17H17N3O3. The van der Waals surface area contributed by atoms with E-state index in [1.54, 1.807) is 6.07 Å². The molecule has 1 N–H and O–H groups in total. The van der Waals surface area contributed by atoms with Crippen LogP contribution in [-0.2, 0) is 0 Å². The van der Waals surface area contributed by atoms with Crippen molar-refractivity contribution in [1.82, 2.24) is 0 Å². The highest BCUT2D eigenvalue weighted by Crippen LogP contribution is 2.24. The smallest absolute Gasteiger partial charge is 0.270 e. The van der Waals surface area contributed by atoms with Gasteiger partial charge in [-0.1, -0.05) is 12.1 Å². The molecule has 6 nitrogen and oxygen atoms in total. The average Bonchev–Trinajstić information content (AvgIpc) is 3.10. The van der Waals surface area contributed by atoms with Crippen LogP contribution in [-0.4, -0.2) is 23.9 Å². The molecule has 1 fully saturated rings. The third-order valence-electron chi connectivity index (χ3n) is 3.89. The highest BCUT2D eigenvalue weighted by atomic mass is 16.6. The Hall–Kier alpha value is -2.89. The molecule has 0 atom stereocenters. The van der Waals surface area contributed by atoms with E-state index in [1.807, 2.05) is 24.3 Å². The minimum Gasteiger partial charge on any atom is -0.371 e. The number of benzene rings is 2. The zero-order valence-corrected chi connectivity index (χ0v) is 12.6. The van der Waals surface area contributed by atoms with Gasteiger partial charge in [0.15, 0.2) is 0 Å². The number of anilines is 2. The summed E-state index contributed by atoms with van der Waals surface area (Å²) in [6.07, 6.45) is 2.37. The van der Waals surface area contributed by atoms with E-state index in [0.717, 1.165) is 18.8 Å². The Bertz CT molecular complexity index is 739. The SMILES string of the molecule is O=C(Nc1cccc(N2CCCC2)c1)c1cccc([N+](=O)[O-])c1. The zero-order chi connectivity index (χ0) is 16.2. The van der Waals surface area contributed by atoms with E-state index in [1.165, 1.54) is 31.0 Å². The first-order chi connectivity index (χ1) is 11.1. The van der Waals surface area contributed by atoms with Crippen LogP contribution in [0.3, 0.4) is 0 Å². The lowest BCUT2D eigenvalue weighted by Crippen LogP contribution is -2.18. The molecule has 2 aromatic rings. The number of nitrogens with zero attached hydrogens (tertiary/aromatic N) is 2. The molecule has 6 heteroatoms. The third kappa shape index (κ3) is 3.48. The number of hydrogen-bond acceptors (Lipinski definition) is 4. The van der Waals surface area contributed by atoms with Crippen molar-refractivity contribution in [2.45, 2.75) is 12.8 Å². The molecule has 0 radical (unpaired) electrons. The van der Waals surface area contributed by atoms with Gasteiger partial charge >= 0.3 is 0 Å². The highest BCUT2D eigenvalue weighted by molar-refractivity contribution is 6.04. The van der Waals surface area contributed by atoms with Gasteiger partial charge in [0, 0.05) is 42.2 Å². The predicted molar refractivity (Wildman–Crippen MR) is 88.9 cm³/mol. The lowest BCUT2D eigenvalue weighted by atomic mass is 10.2. The molecule has 2 aromatic carbocycles. The number of rotatable bonds is 4. The standard InChI is InChI=1S/C17H17N3O3/c21-17(13-5-3-8-16(11-13)20(22)23)18-14-6-4-7-15(12-14)19-9-1-2-10-19/h3-8,11-12H,1-2,9-10H2,(H,18,21). The Morgan fingerprint density at radius 2 is 1.83 bits per heavy atom. The van der Waals surface area contributed by atoms with Crippen molar-refractivity contribution in [3.8, 4) is 0 Å². The van der Waals surface area contributed by atoms with Crippen LogP contribution >= 0.6 is 0 Å². The van der Waals surface area contributed by atoms with Crippen LogP contribution in [0.1, 0.15) is 23.2 Å². The second kappa shape index (κ2) is 6.48. The molecular weight excluding hydrogens is 294 g/mol. The van der Waals surface area contributed by atoms with Crippen molar-refractivity contribution >= 4 is 23.0 Å².